The molecule has 0 bridgehead atoms. The number of aliphatic hydroxyl groups excluding tert-OH is 1. The maximum absolute atomic E-state index is 11.8. The number of nitrogens with two attached hydrogens (primary N) is 1. The minimum absolute atomic E-state index is 0.240. The monoisotopic (exact) mass is 295 g/mol. The molecule has 0 radical (unpaired) electrons. The second-order valence-electron chi connectivity index (χ2n) is 4.16. The highest BCUT2D eigenvalue weighted by Crippen LogP contribution is 2.04. The number of carbonyl (C=O) groups is 3. The van der Waals surface area contributed by atoms with Crippen molar-refractivity contribution in [2.45, 2.75) is 12.6 Å². The Bertz CT molecular complexity index is 515. The molecule has 1 aromatic rings. The highest BCUT2D eigenvalue weighted by atomic mass is 16.5. The maximum atomic E-state index is 11.8. The lowest BCUT2D eigenvalue weighted by Gasteiger charge is -2.10. The number of amides is 3. The second-order valence-corrected chi connectivity index (χ2v) is 4.16. The van der Waals surface area contributed by atoms with Crippen LogP contribution in [0.2, 0.25) is 0 Å². The normalized spacial score (nSPS) is 11.3. The molecule has 0 saturated heterocycles. The van der Waals surface area contributed by atoms with E-state index >= 15 is 0 Å². The largest absolute Gasteiger partial charge is 0.467 e. The van der Waals surface area contributed by atoms with Crippen molar-refractivity contribution in [2.24, 2.45) is 5.73 Å². The molecule has 114 valence electrons. The first kappa shape index (κ1) is 16.4. The smallest absolute Gasteiger partial charge is 0.336 e. The number of hydrogen-bond acceptors (Lipinski definition) is 5. The van der Waals surface area contributed by atoms with Crippen molar-refractivity contribution in [2.75, 3.05) is 13.7 Å². The summed E-state index contributed by atoms with van der Waals surface area (Å²) in [5, 5.41) is 14.2. The van der Waals surface area contributed by atoms with E-state index in [0.717, 1.165) is 12.7 Å². The molecule has 8 nitrogen and oxygen atoms in total. The zero-order valence-electron chi connectivity index (χ0n) is 11.5. The van der Waals surface area contributed by atoms with Crippen molar-refractivity contribution in [1.82, 2.24) is 10.6 Å². The Kier molecular flexibility index (Phi) is 6.15. The summed E-state index contributed by atoms with van der Waals surface area (Å²) in [6, 6.07) is 5.78. The summed E-state index contributed by atoms with van der Waals surface area (Å²) in [6.45, 7) is 0.0226. The number of nitrogens with one attached hydrogen (secondary N) is 2. The molecular formula is C13H17N3O5. The van der Waals surface area contributed by atoms with E-state index < -0.39 is 24.0 Å². The molecule has 0 spiro atoms. The van der Waals surface area contributed by atoms with Gasteiger partial charge in [-0.3, -0.25) is 4.79 Å². The van der Waals surface area contributed by atoms with Gasteiger partial charge >= 0.3 is 12.0 Å². The van der Waals surface area contributed by atoms with E-state index in [1.807, 2.05) is 0 Å². The minimum atomic E-state index is -1.40. The van der Waals surface area contributed by atoms with Crippen LogP contribution in [0.5, 0.6) is 0 Å². The third kappa shape index (κ3) is 5.49. The molecule has 1 atom stereocenters. The van der Waals surface area contributed by atoms with Crippen molar-refractivity contribution in [3.63, 3.8) is 0 Å². The van der Waals surface area contributed by atoms with Crippen LogP contribution in [0, 0.1) is 0 Å². The van der Waals surface area contributed by atoms with E-state index in [4.69, 9.17) is 5.73 Å². The molecule has 0 aliphatic rings. The second kappa shape index (κ2) is 7.85. The summed E-state index contributed by atoms with van der Waals surface area (Å²) in [4.78, 5) is 33.3. The van der Waals surface area contributed by atoms with E-state index in [0.29, 0.717) is 5.56 Å². The van der Waals surface area contributed by atoms with Crippen LogP contribution in [0.1, 0.15) is 15.9 Å². The van der Waals surface area contributed by atoms with Gasteiger partial charge in [-0.2, -0.15) is 0 Å². The van der Waals surface area contributed by atoms with E-state index in [9.17, 15) is 19.5 Å². The highest BCUT2D eigenvalue weighted by Gasteiger charge is 2.16. The SMILES string of the molecule is COC(=O)C(O)CNC(=O)c1ccc(CNC(N)=O)cc1. The molecule has 8 heteroatoms. The molecule has 0 aromatic heterocycles. The summed E-state index contributed by atoms with van der Waals surface area (Å²) in [6.07, 6.45) is -1.40. The number of methoxy groups -OCH3 is 1. The number of benzene rings is 1. The number of urea groups is 1. The average Bonchev–Trinajstić information content (AvgIpc) is 2.49. The Morgan fingerprint density at radius 3 is 2.38 bits per heavy atom. The molecule has 3 amide bonds. The van der Waals surface area contributed by atoms with E-state index in [1.165, 1.54) is 0 Å². The van der Waals surface area contributed by atoms with E-state index in [1.54, 1.807) is 24.3 Å². The van der Waals surface area contributed by atoms with Crippen molar-refractivity contribution in [3.05, 3.63) is 35.4 Å². The first-order valence-corrected chi connectivity index (χ1v) is 6.10. The Labute approximate surface area is 121 Å². The van der Waals surface area contributed by atoms with Crippen LogP contribution in [0.4, 0.5) is 4.79 Å². The lowest BCUT2D eigenvalue weighted by molar-refractivity contribution is -0.149. The molecule has 21 heavy (non-hydrogen) atoms. The molecule has 1 rings (SSSR count). The van der Waals surface area contributed by atoms with Gasteiger partial charge in [-0.05, 0) is 17.7 Å². The van der Waals surface area contributed by atoms with Crippen molar-refractivity contribution < 1.29 is 24.2 Å². The first-order chi connectivity index (χ1) is 9.93. The third-order valence-electron chi connectivity index (χ3n) is 2.61. The summed E-state index contributed by atoms with van der Waals surface area (Å²) >= 11 is 0. The number of primary amides is 1. The molecule has 0 fully saturated rings. The van der Waals surface area contributed by atoms with Crippen LogP contribution in [-0.4, -0.2) is 42.8 Å². The molecule has 0 aliphatic carbocycles. The summed E-state index contributed by atoms with van der Waals surface area (Å²) in [5.41, 5.74) is 6.08. The van der Waals surface area contributed by atoms with Gasteiger partial charge in [-0.1, -0.05) is 12.1 Å². The molecular weight excluding hydrogens is 278 g/mol. The van der Waals surface area contributed by atoms with Gasteiger partial charge in [0.25, 0.3) is 5.91 Å². The predicted octanol–water partition coefficient (Wildman–Crippen LogP) is -0.881. The maximum Gasteiger partial charge on any atom is 0.336 e. The Morgan fingerprint density at radius 2 is 1.86 bits per heavy atom. The zero-order valence-corrected chi connectivity index (χ0v) is 11.5. The number of hydrogen-bond donors (Lipinski definition) is 4. The molecule has 1 unspecified atom stereocenters. The van der Waals surface area contributed by atoms with Gasteiger partial charge in [0.15, 0.2) is 6.10 Å². The van der Waals surface area contributed by atoms with Crippen molar-refractivity contribution in [3.8, 4) is 0 Å². The average molecular weight is 295 g/mol. The fourth-order valence-corrected chi connectivity index (χ4v) is 1.47. The molecule has 0 heterocycles. The van der Waals surface area contributed by atoms with Crippen molar-refractivity contribution in [1.29, 1.82) is 0 Å². The number of carbonyl (C=O) groups excluding carboxylic acids is 3. The fourth-order valence-electron chi connectivity index (χ4n) is 1.47. The van der Waals surface area contributed by atoms with Crippen LogP contribution in [0.3, 0.4) is 0 Å². The van der Waals surface area contributed by atoms with Crippen LogP contribution < -0.4 is 16.4 Å². The molecule has 5 N–H and O–H groups in total. The lowest BCUT2D eigenvalue weighted by atomic mass is 10.1. The lowest BCUT2D eigenvalue weighted by Crippen LogP contribution is -2.37. The van der Waals surface area contributed by atoms with Gasteiger partial charge in [-0.15, -0.1) is 0 Å². The topological polar surface area (TPSA) is 131 Å². The molecule has 1 aromatic carbocycles. The van der Waals surface area contributed by atoms with Crippen LogP contribution in [0.15, 0.2) is 24.3 Å². The number of rotatable bonds is 6. The Balaban J connectivity index is 2.51. The van der Waals surface area contributed by atoms with E-state index in [-0.39, 0.29) is 13.1 Å². The number of ether oxygens (including phenoxy) is 1. The number of esters is 1. The van der Waals surface area contributed by atoms with Crippen LogP contribution in [-0.2, 0) is 16.1 Å². The minimum Gasteiger partial charge on any atom is -0.467 e. The van der Waals surface area contributed by atoms with E-state index in [2.05, 4.69) is 15.4 Å². The quantitative estimate of drug-likeness (QED) is 0.506. The van der Waals surface area contributed by atoms with Gasteiger partial charge < -0.3 is 26.2 Å². The standard InChI is InChI=1S/C13H17N3O5/c1-21-12(19)10(17)7-15-11(18)9-4-2-8(3-5-9)6-16-13(14)20/h2-5,10,17H,6-7H2,1H3,(H,15,18)(H3,14,16,20). The zero-order chi connectivity index (χ0) is 15.8. The first-order valence-electron chi connectivity index (χ1n) is 6.10. The highest BCUT2D eigenvalue weighted by molar-refractivity contribution is 5.94. The summed E-state index contributed by atoms with van der Waals surface area (Å²) in [7, 11) is 1.15. The van der Waals surface area contributed by atoms with Gasteiger partial charge in [0.2, 0.25) is 0 Å². The Hall–Kier alpha value is -2.61. The number of aliphatic hydroxyl groups is 1. The third-order valence-corrected chi connectivity index (χ3v) is 2.61. The van der Waals surface area contributed by atoms with Gasteiger partial charge in [0.05, 0.1) is 13.7 Å². The van der Waals surface area contributed by atoms with Gasteiger partial charge in [-0.25, -0.2) is 9.59 Å². The Morgan fingerprint density at radius 1 is 1.24 bits per heavy atom. The molecule has 0 saturated carbocycles. The van der Waals surface area contributed by atoms with Gasteiger partial charge in [0.1, 0.15) is 0 Å². The van der Waals surface area contributed by atoms with Crippen LogP contribution >= 0.6 is 0 Å². The van der Waals surface area contributed by atoms with Gasteiger partial charge in [0, 0.05) is 12.1 Å². The summed E-state index contributed by atoms with van der Waals surface area (Å²) < 4.78 is 4.33. The molecule has 0 aliphatic heterocycles. The predicted molar refractivity (Wildman–Crippen MR) is 73.2 cm³/mol. The fraction of sp³-hybridized carbons (Fsp3) is 0.308. The van der Waals surface area contributed by atoms with Crippen LogP contribution in [0.25, 0.3) is 0 Å². The van der Waals surface area contributed by atoms with Crippen molar-refractivity contribution >= 4 is 17.9 Å². The summed E-state index contributed by atoms with van der Waals surface area (Å²) in [5.74, 6) is -1.25.